The summed E-state index contributed by atoms with van der Waals surface area (Å²) in [5.41, 5.74) is 0.212. The van der Waals surface area contributed by atoms with E-state index in [-0.39, 0.29) is 11.8 Å². The lowest BCUT2D eigenvalue weighted by molar-refractivity contribution is -0.137. The highest BCUT2D eigenvalue weighted by molar-refractivity contribution is 5.78. The van der Waals surface area contributed by atoms with E-state index in [2.05, 4.69) is 10.2 Å². The van der Waals surface area contributed by atoms with E-state index in [0.717, 1.165) is 43.5 Å². The number of carbonyl (C=O) groups is 1. The van der Waals surface area contributed by atoms with E-state index in [0.29, 0.717) is 19.6 Å². The molecule has 1 saturated heterocycles. The van der Waals surface area contributed by atoms with Crippen LogP contribution in [0.1, 0.15) is 37.3 Å². The molecule has 1 N–H and O–H groups in total. The molecule has 3 nitrogen and oxygen atoms in total. The molecule has 0 aromatic heterocycles. The summed E-state index contributed by atoms with van der Waals surface area (Å²) in [6, 6.07) is 5.27. The van der Waals surface area contributed by atoms with Crippen molar-refractivity contribution in [2.75, 3.05) is 19.6 Å². The summed E-state index contributed by atoms with van der Waals surface area (Å²) in [5.74, 6) is 0.0636. The largest absolute Gasteiger partial charge is 0.416 e. The first kappa shape index (κ1) is 17.8. The van der Waals surface area contributed by atoms with Crippen molar-refractivity contribution in [1.82, 2.24) is 10.2 Å². The monoisotopic (exact) mass is 328 g/mol. The molecular weight excluding hydrogens is 305 g/mol. The van der Waals surface area contributed by atoms with Crippen molar-refractivity contribution in [3.63, 3.8) is 0 Å². The van der Waals surface area contributed by atoms with Crippen LogP contribution in [0.4, 0.5) is 13.2 Å². The number of amides is 1. The van der Waals surface area contributed by atoms with Crippen molar-refractivity contribution in [3.8, 4) is 0 Å². The minimum atomic E-state index is -4.30. The van der Waals surface area contributed by atoms with Gasteiger partial charge in [0.2, 0.25) is 5.91 Å². The Morgan fingerprint density at radius 2 is 2.00 bits per heavy atom. The van der Waals surface area contributed by atoms with Gasteiger partial charge in [-0.1, -0.05) is 19.1 Å². The number of likely N-dealkylation sites (tertiary alicyclic amines) is 1. The Morgan fingerprint density at radius 3 is 2.61 bits per heavy atom. The summed E-state index contributed by atoms with van der Waals surface area (Å²) < 4.78 is 37.7. The van der Waals surface area contributed by atoms with Gasteiger partial charge in [-0.2, -0.15) is 13.2 Å². The maximum Gasteiger partial charge on any atom is 0.416 e. The van der Waals surface area contributed by atoms with Gasteiger partial charge in [-0.3, -0.25) is 9.69 Å². The number of nitrogens with zero attached hydrogens (tertiary/aromatic N) is 1. The Hall–Kier alpha value is -1.56. The molecule has 1 aromatic carbocycles. The summed E-state index contributed by atoms with van der Waals surface area (Å²) in [4.78, 5) is 14.2. The minimum absolute atomic E-state index is 0.0234. The maximum absolute atomic E-state index is 12.6. The van der Waals surface area contributed by atoms with E-state index in [1.165, 1.54) is 12.1 Å². The van der Waals surface area contributed by atoms with Crippen molar-refractivity contribution in [3.05, 3.63) is 35.4 Å². The fourth-order valence-electron chi connectivity index (χ4n) is 2.86. The van der Waals surface area contributed by atoms with E-state index >= 15 is 0 Å². The fraction of sp³-hybridized carbons (Fsp3) is 0.588. The molecule has 2 rings (SSSR count). The Bertz CT molecular complexity index is 514. The zero-order valence-electron chi connectivity index (χ0n) is 13.3. The van der Waals surface area contributed by atoms with Crippen molar-refractivity contribution < 1.29 is 18.0 Å². The van der Waals surface area contributed by atoms with Crippen molar-refractivity contribution in [2.45, 2.75) is 38.9 Å². The number of piperidine rings is 1. The van der Waals surface area contributed by atoms with Crippen LogP contribution in [-0.4, -0.2) is 30.4 Å². The van der Waals surface area contributed by atoms with Crippen LogP contribution in [0, 0.1) is 5.92 Å². The average Bonchev–Trinajstić information content (AvgIpc) is 2.52. The SMILES string of the molecule is CCCNC(=O)C1CCCN(Cc2ccc(C(F)(F)F)cc2)C1. The van der Waals surface area contributed by atoms with Gasteiger partial charge in [-0.05, 0) is 43.5 Å². The average molecular weight is 328 g/mol. The first-order valence-corrected chi connectivity index (χ1v) is 8.06. The van der Waals surface area contributed by atoms with Gasteiger partial charge in [0.15, 0.2) is 0 Å². The van der Waals surface area contributed by atoms with Gasteiger partial charge in [-0.25, -0.2) is 0 Å². The third kappa shape index (κ3) is 5.23. The summed E-state index contributed by atoms with van der Waals surface area (Å²) in [6.45, 7) is 4.82. The van der Waals surface area contributed by atoms with Crippen LogP contribution in [0.3, 0.4) is 0 Å². The number of hydrogen-bond donors (Lipinski definition) is 1. The molecule has 0 radical (unpaired) electrons. The van der Waals surface area contributed by atoms with Crippen LogP contribution in [-0.2, 0) is 17.5 Å². The first-order chi connectivity index (χ1) is 10.9. The quantitative estimate of drug-likeness (QED) is 0.898. The summed E-state index contributed by atoms with van der Waals surface area (Å²) in [7, 11) is 0. The number of alkyl halides is 3. The van der Waals surface area contributed by atoms with Gasteiger partial charge in [0.25, 0.3) is 0 Å². The normalized spacial score (nSPS) is 19.6. The molecule has 1 aliphatic rings. The van der Waals surface area contributed by atoms with Crippen molar-refractivity contribution in [2.24, 2.45) is 5.92 Å². The number of carbonyl (C=O) groups excluding carboxylic acids is 1. The number of rotatable bonds is 5. The van der Waals surface area contributed by atoms with Gasteiger partial charge in [-0.15, -0.1) is 0 Å². The van der Waals surface area contributed by atoms with Gasteiger partial charge >= 0.3 is 6.18 Å². The Morgan fingerprint density at radius 1 is 1.30 bits per heavy atom. The van der Waals surface area contributed by atoms with Gasteiger partial charge in [0.05, 0.1) is 11.5 Å². The van der Waals surface area contributed by atoms with Crippen LogP contribution in [0.5, 0.6) is 0 Å². The molecule has 1 amide bonds. The van der Waals surface area contributed by atoms with Gasteiger partial charge in [0.1, 0.15) is 0 Å². The number of nitrogens with one attached hydrogen (secondary N) is 1. The second-order valence-corrected chi connectivity index (χ2v) is 6.06. The van der Waals surface area contributed by atoms with E-state index in [9.17, 15) is 18.0 Å². The maximum atomic E-state index is 12.6. The summed E-state index contributed by atoms with van der Waals surface area (Å²) >= 11 is 0. The lowest BCUT2D eigenvalue weighted by Gasteiger charge is -2.32. The predicted molar refractivity (Wildman–Crippen MR) is 82.7 cm³/mol. The molecule has 0 saturated carbocycles. The molecule has 0 spiro atoms. The van der Waals surface area contributed by atoms with Crippen LogP contribution in [0.15, 0.2) is 24.3 Å². The molecule has 6 heteroatoms. The third-order valence-electron chi connectivity index (χ3n) is 4.11. The zero-order chi connectivity index (χ0) is 16.9. The molecule has 0 aliphatic carbocycles. The fourth-order valence-corrected chi connectivity index (χ4v) is 2.86. The number of hydrogen-bond acceptors (Lipinski definition) is 2. The Kier molecular flexibility index (Phi) is 6.04. The molecule has 1 unspecified atom stereocenters. The molecule has 1 atom stereocenters. The van der Waals surface area contributed by atoms with E-state index in [1.54, 1.807) is 0 Å². The van der Waals surface area contributed by atoms with Gasteiger partial charge in [0, 0.05) is 19.6 Å². The summed E-state index contributed by atoms with van der Waals surface area (Å²) in [5, 5.41) is 2.92. The highest BCUT2D eigenvalue weighted by Crippen LogP contribution is 2.29. The van der Waals surface area contributed by atoms with Crippen molar-refractivity contribution >= 4 is 5.91 Å². The number of benzene rings is 1. The van der Waals surface area contributed by atoms with E-state index in [4.69, 9.17) is 0 Å². The topological polar surface area (TPSA) is 32.3 Å². The van der Waals surface area contributed by atoms with Crippen molar-refractivity contribution in [1.29, 1.82) is 0 Å². The molecule has 0 bridgehead atoms. The Labute approximate surface area is 134 Å². The second-order valence-electron chi connectivity index (χ2n) is 6.06. The molecule has 1 fully saturated rings. The zero-order valence-corrected chi connectivity index (χ0v) is 13.3. The lowest BCUT2D eigenvalue weighted by Crippen LogP contribution is -2.42. The molecule has 1 aromatic rings. The number of halogens is 3. The smallest absolute Gasteiger partial charge is 0.356 e. The van der Waals surface area contributed by atoms with E-state index < -0.39 is 11.7 Å². The predicted octanol–water partition coefficient (Wildman–Crippen LogP) is 3.44. The molecule has 1 heterocycles. The second kappa shape index (κ2) is 7.81. The molecular formula is C17H23F3N2O. The standard InChI is InChI=1S/C17H23F3N2O/c1-2-9-21-16(23)14-4-3-10-22(12-14)11-13-5-7-15(8-6-13)17(18,19)20/h5-8,14H,2-4,9-12H2,1H3,(H,21,23). The third-order valence-corrected chi connectivity index (χ3v) is 4.11. The molecule has 128 valence electrons. The molecule has 23 heavy (non-hydrogen) atoms. The van der Waals surface area contributed by atoms with Crippen LogP contribution < -0.4 is 5.32 Å². The lowest BCUT2D eigenvalue weighted by atomic mass is 9.96. The van der Waals surface area contributed by atoms with Crippen LogP contribution in [0.25, 0.3) is 0 Å². The minimum Gasteiger partial charge on any atom is -0.356 e. The summed E-state index contributed by atoms with van der Waals surface area (Å²) in [6.07, 6.45) is -1.58. The highest BCUT2D eigenvalue weighted by atomic mass is 19.4. The first-order valence-electron chi connectivity index (χ1n) is 8.06. The highest BCUT2D eigenvalue weighted by Gasteiger charge is 2.30. The Balaban J connectivity index is 1.91. The van der Waals surface area contributed by atoms with Gasteiger partial charge < -0.3 is 5.32 Å². The van der Waals surface area contributed by atoms with Crippen LogP contribution in [0.2, 0.25) is 0 Å². The molecule has 1 aliphatic heterocycles. The van der Waals surface area contributed by atoms with E-state index in [1.807, 2.05) is 6.92 Å². The van der Waals surface area contributed by atoms with Crippen LogP contribution >= 0.6 is 0 Å².